The van der Waals surface area contributed by atoms with Gasteiger partial charge in [-0.2, -0.15) is 0 Å². The normalized spacial score (nSPS) is 10.5. The van der Waals surface area contributed by atoms with Crippen LogP contribution in [-0.4, -0.2) is 25.0 Å². The van der Waals surface area contributed by atoms with Gasteiger partial charge in [0.2, 0.25) is 0 Å². The number of carbonyl (C=O) groups excluding carboxylic acids is 2. The number of benzene rings is 1. The fourth-order valence-electron chi connectivity index (χ4n) is 1.87. The minimum atomic E-state index is -0.461. The molecule has 0 radical (unpaired) electrons. The summed E-state index contributed by atoms with van der Waals surface area (Å²) in [6.07, 6.45) is -0.0164. The Hall–Kier alpha value is -1.58. The highest BCUT2D eigenvalue weighted by atomic mass is 79.9. The predicted octanol–water partition coefficient (Wildman–Crippen LogP) is 4.14. The molecule has 134 valence electrons. The van der Waals surface area contributed by atoms with Crippen molar-refractivity contribution in [1.82, 2.24) is 10.9 Å². The van der Waals surface area contributed by atoms with E-state index in [1.54, 1.807) is 24.3 Å². The smallest absolute Gasteiger partial charge is 0.279 e. The maximum atomic E-state index is 12.2. The second-order valence-corrected chi connectivity index (χ2v) is 8.40. The van der Waals surface area contributed by atoms with Crippen molar-refractivity contribution >= 4 is 55.0 Å². The van der Waals surface area contributed by atoms with Crippen LogP contribution in [0.5, 0.6) is 11.5 Å². The second kappa shape index (κ2) is 8.68. The van der Waals surface area contributed by atoms with E-state index in [2.05, 4.69) is 42.7 Å². The molecule has 0 spiro atoms. The average Bonchev–Trinajstić information content (AvgIpc) is 2.91. The Morgan fingerprint density at radius 3 is 2.32 bits per heavy atom. The third-order valence-corrected chi connectivity index (χ3v) is 6.20. The van der Waals surface area contributed by atoms with Crippen molar-refractivity contribution in [2.45, 2.75) is 20.0 Å². The van der Waals surface area contributed by atoms with E-state index in [-0.39, 0.29) is 6.10 Å². The maximum Gasteiger partial charge on any atom is 0.279 e. The molecule has 0 aliphatic rings. The third kappa shape index (κ3) is 5.20. The van der Waals surface area contributed by atoms with Crippen LogP contribution in [0.3, 0.4) is 0 Å². The van der Waals surface area contributed by atoms with Gasteiger partial charge in [-0.25, -0.2) is 0 Å². The molecular weight excluding hydrogens is 476 g/mol. The molecule has 9 heteroatoms. The fraction of sp³-hybridized carbons (Fsp3) is 0.250. The summed E-state index contributed by atoms with van der Waals surface area (Å²) >= 11 is 7.88. The maximum absolute atomic E-state index is 12.2. The van der Waals surface area contributed by atoms with Crippen molar-refractivity contribution in [3.8, 4) is 11.5 Å². The van der Waals surface area contributed by atoms with Crippen molar-refractivity contribution in [1.29, 1.82) is 0 Å². The molecule has 0 saturated heterocycles. The molecule has 0 aliphatic carbocycles. The number of amides is 2. The molecule has 2 amide bonds. The summed E-state index contributed by atoms with van der Waals surface area (Å²) in [6.45, 7) is 3.80. The van der Waals surface area contributed by atoms with Gasteiger partial charge in [-0.3, -0.25) is 20.4 Å². The molecule has 1 aromatic heterocycles. The first kappa shape index (κ1) is 19.7. The Kier molecular flexibility index (Phi) is 6.86. The van der Waals surface area contributed by atoms with Crippen LogP contribution in [0.25, 0.3) is 0 Å². The van der Waals surface area contributed by atoms with Gasteiger partial charge in [0.1, 0.15) is 0 Å². The number of nitrogens with one attached hydrogen (secondary N) is 2. The molecule has 1 heterocycles. The lowest BCUT2D eigenvalue weighted by Crippen LogP contribution is -2.41. The quantitative estimate of drug-likeness (QED) is 0.616. The topological polar surface area (TPSA) is 76.7 Å². The van der Waals surface area contributed by atoms with E-state index in [1.165, 1.54) is 18.4 Å². The van der Waals surface area contributed by atoms with Gasteiger partial charge in [0.25, 0.3) is 11.8 Å². The summed E-state index contributed by atoms with van der Waals surface area (Å²) in [4.78, 5) is 24.7. The summed E-state index contributed by atoms with van der Waals surface area (Å²) in [5.74, 6) is 0.124. The Labute approximate surface area is 166 Å². The molecule has 0 fully saturated rings. The van der Waals surface area contributed by atoms with Gasteiger partial charge in [0, 0.05) is 10.0 Å². The molecule has 0 bridgehead atoms. The zero-order valence-electron chi connectivity index (χ0n) is 13.7. The van der Waals surface area contributed by atoms with Crippen molar-refractivity contribution in [3.63, 3.8) is 0 Å². The zero-order valence-corrected chi connectivity index (χ0v) is 17.7. The van der Waals surface area contributed by atoms with Gasteiger partial charge in [0.05, 0.1) is 21.9 Å². The molecule has 0 saturated carbocycles. The summed E-state index contributed by atoms with van der Waals surface area (Å²) in [5, 5.41) is 0. The molecule has 25 heavy (non-hydrogen) atoms. The van der Waals surface area contributed by atoms with Crippen molar-refractivity contribution in [3.05, 3.63) is 43.0 Å². The van der Waals surface area contributed by atoms with E-state index in [0.29, 0.717) is 21.9 Å². The van der Waals surface area contributed by atoms with E-state index >= 15 is 0 Å². The first-order chi connectivity index (χ1) is 11.8. The van der Waals surface area contributed by atoms with Gasteiger partial charge >= 0.3 is 0 Å². The Morgan fingerprint density at radius 1 is 1.08 bits per heavy atom. The number of hydrazine groups is 1. The molecule has 0 unspecified atom stereocenters. The standard InChI is InChI=1S/C16H16Br2N2O4S/c1-8(2)24-11-5-4-9(6-12(11)23-3)15(21)19-20-16(22)13-7-10(17)14(18)25-13/h4-8H,1-3H3,(H,19,21)(H,20,22). The number of rotatable bonds is 5. The average molecular weight is 492 g/mol. The molecule has 6 nitrogen and oxygen atoms in total. The van der Waals surface area contributed by atoms with Crippen LogP contribution in [0.1, 0.15) is 33.9 Å². The van der Waals surface area contributed by atoms with Crippen LogP contribution in [0.15, 0.2) is 32.5 Å². The second-order valence-electron chi connectivity index (χ2n) is 5.17. The number of methoxy groups -OCH3 is 1. The molecule has 0 atom stereocenters. The van der Waals surface area contributed by atoms with Crippen LogP contribution in [0.2, 0.25) is 0 Å². The summed E-state index contributed by atoms with van der Waals surface area (Å²) in [5.41, 5.74) is 5.09. The lowest BCUT2D eigenvalue weighted by molar-refractivity contribution is 0.0848. The van der Waals surface area contributed by atoms with Gasteiger partial charge < -0.3 is 9.47 Å². The fourth-order valence-corrected chi connectivity index (χ4v) is 3.80. The highest BCUT2D eigenvalue weighted by molar-refractivity contribution is 9.13. The molecule has 2 N–H and O–H groups in total. The highest BCUT2D eigenvalue weighted by Gasteiger charge is 2.15. The van der Waals surface area contributed by atoms with E-state index in [1.807, 2.05) is 13.8 Å². The Balaban J connectivity index is 2.04. The van der Waals surface area contributed by atoms with Crippen LogP contribution in [0, 0.1) is 0 Å². The van der Waals surface area contributed by atoms with Crippen LogP contribution >= 0.6 is 43.2 Å². The number of carbonyl (C=O) groups is 2. The van der Waals surface area contributed by atoms with Gasteiger partial charge in [-0.15, -0.1) is 11.3 Å². The van der Waals surface area contributed by atoms with Crippen molar-refractivity contribution in [2.75, 3.05) is 7.11 Å². The minimum Gasteiger partial charge on any atom is -0.493 e. The first-order valence-corrected chi connectivity index (χ1v) is 9.62. The Bertz CT molecular complexity index is 773. The molecule has 0 aliphatic heterocycles. The zero-order chi connectivity index (χ0) is 18.6. The first-order valence-electron chi connectivity index (χ1n) is 7.22. The van der Waals surface area contributed by atoms with Gasteiger partial charge in [-0.1, -0.05) is 0 Å². The van der Waals surface area contributed by atoms with Crippen LogP contribution < -0.4 is 20.3 Å². The van der Waals surface area contributed by atoms with E-state index in [0.717, 1.165) is 8.26 Å². The number of ether oxygens (including phenoxy) is 2. The molecule has 1 aromatic carbocycles. The third-order valence-electron chi connectivity index (χ3n) is 2.95. The van der Waals surface area contributed by atoms with Crippen molar-refractivity contribution in [2.24, 2.45) is 0 Å². The van der Waals surface area contributed by atoms with E-state index < -0.39 is 11.8 Å². The number of thiophene rings is 1. The SMILES string of the molecule is COc1cc(C(=O)NNC(=O)c2cc(Br)c(Br)s2)ccc1OC(C)C. The monoisotopic (exact) mass is 490 g/mol. The Morgan fingerprint density at radius 2 is 1.76 bits per heavy atom. The van der Waals surface area contributed by atoms with Gasteiger partial charge in [-0.05, 0) is 70.0 Å². The number of hydrogen-bond donors (Lipinski definition) is 2. The highest BCUT2D eigenvalue weighted by Crippen LogP contribution is 2.32. The van der Waals surface area contributed by atoms with Crippen molar-refractivity contribution < 1.29 is 19.1 Å². The lowest BCUT2D eigenvalue weighted by Gasteiger charge is -2.14. The minimum absolute atomic E-state index is 0.0164. The summed E-state index contributed by atoms with van der Waals surface area (Å²) in [6, 6.07) is 6.47. The predicted molar refractivity (Wildman–Crippen MR) is 103 cm³/mol. The van der Waals surface area contributed by atoms with E-state index in [4.69, 9.17) is 9.47 Å². The van der Waals surface area contributed by atoms with Crippen LogP contribution in [0.4, 0.5) is 0 Å². The molecule has 2 aromatic rings. The van der Waals surface area contributed by atoms with Gasteiger partial charge in [0.15, 0.2) is 11.5 Å². The number of halogens is 2. The summed E-state index contributed by atoms with van der Waals surface area (Å²) in [7, 11) is 1.50. The lowest BCUT2D eigenvalue weighted by atomic mass is 10.2. The summed E-state index contributed by atoms with van der Waals surface area (Å²) < 4.78 is 12.4. The number of hydrogen-bond acceptors (Lipinski definition) is 5. The van der Waals surface area contributed by atoms with Crippen LogP contribution in [-0.2, 0) is 0 Å². The molecule has 2 rings (SSSR count). The molecular formula is C16H16Br2N2O4S. The van der Waals surface area contributed by atoms with E-state index in [9.17, 15) is 9.59 Å². The largest absolute Gasteiger partial charge is 0.493 e.